The lowest BCUT2D eigenvalue weighted by atomic mass is 10.1. The number of fused-ring (bicyclic) bond motifs is 1. The fraction of sp³-hybridized carbons (Fsp3) is 0.467. The number of rotatable bonds is 7. The van der Waals surface area contributed by atoms with Gasteiger partial charge in [0.2, 0.25) is 0 Å². The Bertz CT molecular complexity index is 507. The molecule has 19 heavy (non-hydrogen) atoms. The van der Waals surface area contributed by atoms with E-state index in [0.717, 1.165) is 30.6 Å². The molecule has 0 amide bonds. The molecule has 0 spiro atoms. The molecule has 0 aliphatic rings. The molecule has 1 heterocycles. The van der Waals surface area contributed by atoms with E-state index in [-0.39, 0.29) is 6.04 Å². The Labute approximate surface area is 114 Å². The molecule has 2 aromatic rings. The Morgan fingerprint density at radius 1 is 1.16 bits per heavy atom. The summed E-state index contributed by atoms with van der Waals surface area (Å²) in [7, 11) is 0. The molecule has 0 aliphatic carbocycles. The zero-order valence-corrected chi connectivity index (χ0v) is 11.6. The molecule has 0 saturated carbocycles. The van der Waals surface area contributed by atoms with Gasteiger partial charge in [0.25, 0.3) is 0 Å². The van der Waals surface area contributed by atoms with Gasteiger partial charge >= 0.3 is 0 Å². The summed E-state index contributed by atoms with van der Waals surface area (Å²) in [4.78, 5) is 8.65. The summed E-state index contributed by atoms with van der Waals surface area (Å²) in [6.45, 7) is 6.58. The average Bonchev–Trinajstić information content (AvgIpc) is 2.47. The molecule has 0 fully saturated rings. The molecule has 4 nitrogen and oxygen atoms in total. The fourth-order valence-corrected chi connectivity index (χ4v) is 2.02. The summed E-state index contributed by atoms with van der Waals surface area (Å²) < 4.78 is 5.56. The number of aromatic nitrogens is 2. The van der Waals surface area contributed by atoms with Gasteiger partial charge < -0.3 is 10.1 Å². The van der Waals surface area contributed by atoms with E-state index in [9.17, 15) is 0 Å². The van der Waals surface area contributed by atoms with Crippen molar-refractivity contribution in [2.45, 2.75) is 26.3 Å². The standard InChI is InChI=1S/C15H21N3O/c1-3-7-16-15(11-19-4-2)12-5-6-13-14(10-12)18-9-8-17-13/h5-6,8-10,15-16H,3-4,7,11H2,1-2H3. The molecule has 1 aromatic heterocycles. The van der Waals surface area contributed by atoms with Crippen molar-refractivity contribution >= 4 is 11.0 Å². The van der Waals surface area contributed by atoms with Crippen LogP contribution in [0, 0.1) is 0 Å². The number of hydrogen-bond acceptors (Lipinski definition) is 4. The maximum Gasteiger partial charge on any atom is 0.0890 e. The normalized spacial score (nSPS) is 12.7. The molecular weight excluding hydrogens is 238 g/mol. The van der Waals surface area contributed by atoms with Crippen LogP contribution in [-0.4, -0.2) is 29.7 Å². The average molecular weight is 259 g/mol. The van der Waals surface area contributed by atoms with Gasteiger partial charge in [-0.25, -0.2) is 0 Å². The summed E-state index contributed by atoms with van der Waals surface area (Å²) in [5.74, 6) is 0. The predicted octanol–water partition coefficient (Wildman–Crippen LogP) is 2.71. The van der Waals surface area contributed by atoms with Crippen molar-refractivity contribution in [1.29, 1.82) is 0 Å². The Balaban J connectivity index is 2.21. The quantitative estimate of drug-likeness (QED) is 0.830. The van der Waals surface area contributed by atoms with Gasteiger partial charge in [-0.05, 0) is 37.6 Å². The van der Waals surface area contributed by atoms with Crippen LogP contribution in [0.1, 0.15) is 31.9 Å². The first-order valence-electron chi connectivity index (χ1n) is 6.87. The molecule has 1 N–H and O–H groups in total. The van der Waals surface area contributed by atoms with Gasteiger partial charge in [-0.15, -0.1) is 0 Å². The molecule has 1 aromatic carbocycles. The van der Waals surface area contributed by atoms with Crippen LogP contribution in [0.2, 0.25) is 0 Å². The van der Waals surface area contributed by atoms with Crippen molar-refractivity contribution in [3.05, 3.63) is 36.2 Å². The molecular formula is C15H21N3O. The summed E-state index contributed by atoms with van der Waals surface area (Å²) in [5.41, 5.74) is 3.06. The fourth-order valence-electron chi connectivity index (χ4n) is 2.02. The molecule has 1 unspecified atom stereocenters. The second-order valence-electron chi connectivity index (χ2n) is 4.47. The van der Waals surface area contributed by atoms with Crippen LogP contribution >= 0.6 is 0 Å². The van der Waals surface area contributed by atoms with Crippen LogP contribution < -0.4 is 5.32 Å². The molecule has 0 bridgehead atoms. The summed E-state index contributed by atoms with van der Waals surface area (Å²) in [5, 5.41) is 3.51. The van der Waals surface area contributed by atoms with Crippen LogP contribution in [-0.2, 0) is 4.74 Å². The van der Waals surface area contributed by atoms with Gasteiger partial charge in [0.1, 0.15) is 0 Å². The first-order chi connectivity index (χ1) is 9.35. The minimum Gasteiger partial charge on any atom is -0.380 e. The molecule has 2 rings (SSSR count). The van der Waals surface area contributed by atoms with Crippen LogP contribution in [0.5, 0.6) is 0 Å². The molecule has 4 heteroatoms. The Hall–Kier alpha value is -1.52. The van der Waals surface area contributed by atoms with E-state index in [1.807, 2.05) is 13.0 Å². The summed E-state index contributed by atoms with van der Waals surface area (Å²) >= 11 is 0. The maximum atomic E-state index is 5.56. The number of ether oxygens (including phenoxy) is 1. The molecule has 0 aliphatic heterocycles. The number of nitrogens with zero attached hydrogens (tertiary/aromatic N) is 2. The van der Waals surface area contributed by atoms with Gasteiger partial charge in [-0.1, -0.05) is 13.0 Å². The zero-order chi connectivity index (χ0) is 13.5. The highest BCUT2D eigenvalue weighted by Crippen LogP contribution is 2.18. The lowest BCUT2D eigenvalue weighted by molar-refractivity contribution is 0.123. The smallest absolute Gasteiger partial charge is 0.0890 e. The van der Waals surface area contributed by atoms with Crippen LogP contribution in [0.3, 0.4) is 0 Å². The Kier molecular flexibility index (Phi) is 5.24. The van der Waals surface area contributed by atoms with E-state index in [1.54, 1.807) is 12.4 Å². The second-order valence-corrected chi connectivity index (χ2v) is 4.47. The SMILES string of the molecule is CCCNC(COCC)c1ccc2nccnc2c1. The van der Waals surface area contributed by atoms with Crippen LogP contribution in [0.25, 0.3) is 11.0 Å². The van der Waals surface area contributed by atoms with Gasteiger partial charge in [0.05, 0.1) is 23.7 Å². The van der Waals surface area contributed by atoms with E-state index < -0.39 is 0 Å². The lowest BCUT2D eigenvalue weighted by Gasteiger charge is -2.19. The van der Waals surface area contributed by atoms with Crippen molar-refractivity contribution in [2.75, 3.05) is 19.8 Å². The first kappa shape index (κ1) is 13.9. The maximum absolute atomic E-state index is 5.56. The van der Waals surface area contributed by atoms with Crippen molar-refractivity contribution in [3.8, 4) is 0 Å². The minimum atomic E-state index is 0.214. The minimum absolute atomic E-state index is 0.214. The van der Waals surface area contributed by atoms with E-state index in [2.05, 4.69) is 34.3 Å². The zero-order valence-electron chi connectivity index (χ0n) is 11.6. The third kappa shape index (κ3) is 3.72. The highest BCUT2D eigenvalue weighted by atomic mass is 16.5. The van der Waals surface area contributed by atoms with E-state index in [1.165, 1.54) is 5.56 Å². The highest BCUT2D eigenvalue weighted by molar-refractivity contribution is 5.74. The first-order valence-corrected chi connectivity index (χ1v) is 6.87. The molecule has 102 valence electrons. The third-order valence-electron chi connectivity index (χ3n) is 3.03. The molecule has 1 atom stereocenters. The Morgan fingerprint density at radius 2 is 1.95 bits per heavy atom. The number of benzene rings is 1. The monoisotopic (exact) mass is 259 g/mol. The lowest BCUT2D eigenvalue weighted by Crippen LogP contribution is -2.26. The van der Waals surface area contributed by atoms with Gasteiger partial charge in [0, 0.05) is 19.0 Å². The van der Waals surface area contributed by atoms with Crippen LogP contribution in [0.15, 0.2) is 30.6 Å². The number of nitrogens with one attached hydrogen (secondary N) is 1. The van der Waals surface area contributed by atoms with E-state index in [4.69, 9.17) is 4.74 Å². The molecule has 0 radical (unpaired) electrons. The van der Waals surface area contributed by atoms with Crippen molar-refractivity contribution in [3.63, 3.8) is 0 Å². The summed E-state index contributed by atoms with van der Waals surface area (Å²) in [6, 6.07) is 6.42. The van der Waals surface area contributed by atoms with Gasteiger partial charge in [-0.3, -0.25) is 9.97 Å². The van der Waals surface area contributed by atoms with E-state index >= 15 is 0 Å². The van der Waals surface area contributed by atoms with E-state index in [0.29, 0.717) is 6.61 Å². The topological polar surface area (TPSA) is 47.0 Å². The summed E-state index contributed by atoms with van der Waals surface area (Å²) in [6.07, 6.45) is 4.55. The molecule has 0 saturated heterocycles. The van der Waals surface area contributed by atoms with Gasteiger partial charge in [0.15, 0.2) is 0 Å². The van der Waals surface area contributed by atoms with Crippen LogP contribution in [0.4, 0.5) is 0 Å². The second kappa shape index (κ2) is 7.16. The van der Waals surface area contributed by atoms with Gasteiger partial charge in [-0.2, -0.15) is 0 Å². The third-order valence-corrected chi connectivity index (χ3v) is 3.03. The Morgan fingerprint density at radius 3 is 2.68 bits per heavy atom. The highest BCUT2D eigenvalue weighted by Gasteiger charge is 2.11. The predicted molar refractivity (Wildman–Crippen MR) is 77.1 cm³/mol. The van der Waals surface area contributed by atoms with Crippen molar-refractivity contribution < 1.29 is 4.74 Å². The number of hydrogen-bond donors (Lipinski definition) is 1. The van der Waals surface area contributed by atoms with Crippen molar-refractivity contribution in [2.24, 2.45) is 0 Å². The largest absolute Gasteiger partial charge is 0.380 e. The van der Waals surface area contributed by atoms with Crippen molar-refractivity contribution in [1.82, 2.24) is 15.3 Å².